The van der Waals surface area contributed by atoms with Crippen LogP contribution in [0.15, 0.2) is 0 Å². The van der Waals surface area contributed by atoms with Crippen LogP contribution in [-0.4, -0.2) is 250 Å². The number of aliphatic hydroxyl groups is 4. The van der Waals surface area contributed by atoms with E-state index in [0.717, 1.165) is 215 Å². The van der Waals surface area contributed by atoms with Gasteiger partial charge in [0.2, 0.25) is 0 Å². The summed E-state index contributed by atoms with van der Waals surface area (Å²) in [7, 11) is 0. The van der Waals surface area contributed by atoms with E-state index in [2.05, 4.69) is 118 Å². The van der Waals surface area contributed by atoms with Crippen molar-refractivity contribution in [3.8, 4) is 0 Å². The molecule has 3 fully saturated rings. The lowest BCUT2D eigenvalue weighted by molar-refractivity contribution is 0.167. The molecule has 105 heavy (non-hydrogen) atoms. The van der Waals surface area contributed by atoms with E-state index in [9.17, 15) is 0 Å². The Labute approximate surface area is 658 Å². The highest BCUT2D eigenvalue weighted by atomic mass is 16.3. The lowest BCUT2D eigenvalue weighted by atomic mass is 10.1. The van der Waals surface area contributed by atoms with Crippen molar-refractivity contribution >= 4 is 0 Å². The van der Waals surface area contributed by atoms with E-state index < -0.39 is 0 Å². The summed E-state index contributed by atoms with van der Waals surface area (Å²) in [6, 6.07) is 0. The second-order valence-electron chi connectivity index (χ2n) is 30.8. The van der Waals surface area contributed by atoms with Crippen molar-refractivity contribution in [1.29, 1.82) is 0 Å². The molecule has 16 nitrogen and oxygen atoms in total. The highest BCUT2D eigenvalue weighted by Crippen LogP contribution is 2.14. The van der Waals surface area contributed by atoms with Gasteiger partial charge in [0.25, 0.3) is 0 Å². The predicted molar refractivity (Wildman–Crippen MR) is 469 cm³/mol. The van der Waals surface area contributed by atoms with E-state index in [0.29, 0.717) is 0 Å². The molecule has 0 saturated carbocycles. The quantitative estimate of drug-likeness (QED) is 0.0258. The van der Waals surface area contributed by atoms with E-state index in [1.54, 1.807) is 0 Å². The highest BCUT2D eigenvalue weighted by molar-refractivity contribution is 4.68. The Morgan fingerprint density at radius 3 is 0.486 bits per heavy atom. The molecule has 0 amide bonds. The highest BCUT2D eigenvalue weighted by Gasteiger charge is 2.10. The molecule has 0 aromatic carbocycles. The summed E-state index contributed by atoms with van der Waals surface area (Å²) in [5, 5.41) is 64.1. The normalized spacial score (nSPS) is 17.3. The third-order valence-corrected chi connectivity index (χ3v) is 20.3. The van der Waals surface area contributed by atoms with E-state index in [-0.39, 0.29) is 26.4 Å². The molecule has 16 heteroatoms. The van der Waals surface area contributed by atoms with Crippen molar-refractivity contribution in [2.45, 2.75) is 370 Å². The first-order valence-corrected chi connectivity index (χ1v) is 46.9. The zero-order valence-corrected chi connectivity index (χ0v) is 72.9. The number of nitrogens with one attached hydrogen (secondary N) is 8. The third kappa shape index (κ3) is 105. The van der Waals surface area contributed by atoms with Crippen molar-refractivity contribution < 1.29 is 20.4 Å². The van der Waals surface area contributed by atoms with Gasteiger partial charge in [0.1, 0.15) is 0 Å². The lowest BCUT2D eigenvalue weighted by Gasteiger charge is -2.25. The average Bonchev–Trinajstić information content (AvgIpc) is 1.99. The van der Waals surface area contributed by atoms with Gasteiger partial charge in [-0.15, -0.1) is 0 Å². The summed E-state index contributed by atoms with van der Waals surface area (Å²) in [4.78, 5) is 9.39. The fourth-order valence-electron chi connectivity index (χ4n) is 13.4. The van der Waals surface area contributed by atoms with Crippen LogP contribution < -0.4 is 42.5 Å². The summed E-state index contributed by atoms with van der Waals surface area (Å²) in [6.45, 7) is 47.9. The maximum absolute atomic E-state index is 9.15. The maximum Gasteiger partial charge on any atom is 0.0558 e. The van der Waals surface area contributed by atoms with E-state index in [1.165, 1.54) is 283 Å². The number of hydrogen-bond donors (Lipinski definition) is 12. The fraction of sp³-hybridized carbons (Fsp3) is 1.00. The first kappa shape index (κ1) is 111. The van der Waals surface area contributed by atoms with Gasteiger partial charge >= 0.3 is 0 Å². The second-order valence-corrected chi connectivity index (χ2v) is 30.8. The molecular weight excluding hydrogens is 1300 g/mol. The molecule has 0 unspecified atom stereocenters. The van der Waals surface area contributed by atoms with Gasteiger partial charge in [-0.05, 0) is 176 Å². The molecule has 3 heterocycles. The summed E-state index contributed by atoms with van der Waals surface area (Å²) in [5.74, 6) is 0. The van der Waals surface area contributed by atoms with Crippen LogP contribution in [0.4, 0.5) is 0 Å². The smallest absolute Gasteiger partial charge is 0.0558 e. The van der Waals surface area contributed by atoms with Gasteiger partial charge in [0.15, 0.2) is 0 Å². The molecule has 3 aliphatic heterocycles. The van der Waals surface area contributed by atoms with Crippen LogP contribution >= 0.6 is 0 Å². The van der Waals surface area contributed by atoms with Gasteiger partial charge in [0, 0.05) is 65.4 Å². The molecule has 0 aliphatic carbocycles. The molecule has 0 aromatic heterocycles. The van der Waals surface area contributed by atoms with Crippen molar-refractivity contribution in [2.75, 3.05) is 210 Å². The number of unbranched alkanes of at least 4 members (excludes halogenated alkanes) is 36. The predicted octanol–water partition coefficient (Wildman–Crippen LogP) is 17.1. The van der Waals surface area contributed by atoms with Crippen LogP contribution in [0.25, 0.3) is 0 Å². The summed E-state index contributed by atoms with van der Waals surface area (Å²) < 4.78 is 0. The number of aliphatic hydroxyl groups excluding tert-OH is 4. The van der Waals surface area contributed by atoms with Crippen LogP contribution in [0, 0.1) is 0 Å². The SMILES string of the molecule is CCCCCCCCCCCC.CCCCCCCCCCCC.CCCCCCCCCCCC.CCCCCCCCCCCC.OCCN1CCCNCCCNCCCNCC1.OCCN1CCCNCCCNCCNCCC1.OCCN1CCCNCCNCCCN(CCO)CCC1. The Bertz CT molecular complexity index is 1210. The molecule has 3 saturated heterocycles. The zero-order valence-electron chi connectivity index (χ0n) is 72.9. The molecule has 0 atom stereocenters. The fourth-order valence-corrected chi connectivity index (χ4v) is 13.4. The molecule has 638 valence electrons. The minimum Gasteiger partial charge on any atom is -0.395 e. The van der Waals surface area contributed by atoms with E-state index >= 15 is 0 Å². The lowest BCUT2D eigenvalue weighted by Crippen LogP contribution is -2.36. The Balaban J connectivity index is -0.000000574. The number of nitrogens with zero attached hydrogens (tertiary/aromatic N) is 4. The van der Waals surface area contributed by atoms with Crippen LogP contribution in [0.2, 0.25) is 0 Å². The van der Waals surface area contributed by atoms with Crippen molar-refractivity contribution in [3.05, 3.63) is 0 Å². The first-order chi connectivity index (χ1) is 51.9. The molecule has 3 rings (SSSR count). The van der Waals surface area contributed by atoms with Crippen molar-refractivity contribution in [1.82, 2.24) is 62.1 Å². The van der Waals surface area contributed by atoms with E-state index in [4.69, 9.17) is 20.4 Å². The molecule has 0 bridgehead atoms. The number of rotatable bonds is 44. The van der Waals surface area contributed by atoms with Crippen LogP contribution in [0.3, 0.4) is 0 Å². The Kier molecular flexibility index (Phi) is 113. The maximum atomic E-state index is 9.15. The third-order valence-electron chi connectivity index (χ3n) is 20.3. The monoisotopic (exact) mass is 1500 g/mol. The number of hydrogen-bond acceptors (Lipinski definition) is 16. The van der Waals surface area contributed by atoms with Gasteiger partial charge in [-0.1, -0.05) is 312 Å². The second kappa shape index (κ2) is 108. The van der Waals surface area contributed by atoms with Crippen molar-refractivity contribution in [3.63, 3.8) is 0 Å². The van der Waals surface area contributed by atoms with Gasteiger partial charge in [-0.3, -0.25) is 4.90 Å². The van der Waals surface area contributed by atoms with Gasteiger partial charge < -0.3 is 77.7 Å². The largest absolute Gasteiger partial charge is 0.395 e. The molecule has 0 radical (unpaired) electrons. The molecule has 3 aliphatic rings. The van der Waals surface area contributed by atoms with Gasteiger partial charge in [-0.25, -0.2) is 0 Å². The van der Waals surface area contributed by atoms with Crippen molar-refractivity contribution in [2.24, 2.45) is 0 Å². The van der Waals surface area contributed by atoms with Crippen LogP contribution in [-0.2, 0) is 0 Å². The van der Waals surface area contributed by atoms with Crippen LogP contribution in [0.1, 0.15) is 370 Å². The number of β-amino-alcohol motifs (C(OH)–C–C–N with tert-alkyl or cyclic N) is 4. The standard InChI is InChI=1S/C15H34N4O2.2C13H30N4O.4C12H26/c20-14-12-18-8-1-4-16-6-7-17-5-2-9-19(13-15-21)11-3-10-18;18-13-12-17-10-3-8-15-6-1-4-14-5-2-7-16-9-11-17;18-13-12-17-10-2-6-14-4-1-5-15-8-9-16-7-3-11-17;4*1-3-5-7-9-11-12-10-8-6-4-2/h16-17,20-21H,1-15H2;2*14-16,18H,1-13H2;4*3-12H2,1-2H3. The Morgan fingerprint density at radius 2 is 0.305 bits per heavy atom. The Hall–Kier alpha value is -0.640. The Morgan fingerprint density at radius 1 is 0.162 bits per heavy atom. The average molecular weight is 1500 g/mol. The molecule has 0 spiro atoms. The minimum absolute atomic E-state index is 0.234. The van der Waals surface area contributed by atoms with Gasteiger partial charge in [-0.2, -0.15) is 0 Å². The topological polar surface area (TPSA) is 190 Å². The van der Waals surface area contributed by atoms with E-state index in [1.807, 2.05) is 0 Å². The molecular formula is C89H198N12O4. The zero-order chi connectivity index (χ0) is 77.2. The van der Waals surface area contributed by atoms with Crippen LogP contribution in [0.5, 0.6) is 0 Å². The minimum atomic E-state index is 0.234. The van der Waals surface area contributed by atoms with Gasteiger partial charge in [0.05, 0.1) is 26.4 Å². The molecule has 0 aromatic rings. The summed E-state index contributed by atoms with van der Waals surface area (Å²) in [6.07, 6.45) is 68.2. The summed E-state index contributed by atoms with van der Waals surface area (Å²) in [5.41, 5.74) is 0. The molecule has 12 N–H and O–H groups in total. The summed E-state index contributed by atoms with van der Waals surface area (Å²) >= 11 is 0. The first-order valence-electron chi connectivity index (χ1n) is 46.9.